The molecule has 0 radical (unpaired) electrons. The van der Waals surface area contributed by atoms with Crippen molar-refractivity contribution in [1.29, 1.82) is 0 Å². The van der Waals surface area contributed by atoms with E-state index >= 15 is 0 Å². The first kappa shape index (κ1) is 12.0. The highest BCUT2D eigenvalue weighted by Gasteiger charge is 1.84. The first-order valence-electron chi connectivity index (χ1n) is 2.47. The number of nitrogens with two attached hydrogens (primary N) is 1. The Hall–Kier alpha value is -1.78. The van der Waals surface area contributed by atoms with Crippen molar-refractivity contribution in [2.45, 2.75) is 0 Å². The highest BCUT2D eigenvalue weighted by atomic mass is 16.5. The fraction of sp³-hybridized carbons (Fsp3) is 0. The SMILES string of the molecule is C=COC(=O)C=C.NC(=O)O. The number of primary amides is 1. The van der Waals surface area contributed by atoms with Gasteiger partial charge in [0.25, 0.3) is 0 Å². The van der Waals surface area contributed by atoms with Gasteiger partial charge in [0.05, 0.1) is 6.26 Å². The number of amides is 1. The molecule has 3 N–H and O–H groups in total. The van der Waals surface area contributed by atoms with Crippen molar-refractivity contribution in [3.8, 4) is 0 Å². The van der Waals surface area contributed by atoms with E-state index in [0.29, 0.717) is 0 Å². The van der Waals surface area contributed by atoms with E-state index in [1.807, 2.05) is 0 Å². The van der Waals surface area contributed by atoms with Crippen LogP contribution in [0.1, 0.15) is 0 Å². The number of carboxylic acid groups (broad SMARTS) is 1. The first-order valence-corrected chi connectivity index (χ1v) is 2.47. The molecule has 0 spiro atoms. The van der Waals surface area contributed by atoms with E-state index in [9.17, 15) is 4.79 Å². The van der Waals surface area contributed by atoms with Crippen LogP contribution in [0.2, 0.25) is 0 Å². The summed E-state index contributed by atoms with van der Waals surface area (Å²) in [5.41, 5.74) is 4.03. The van der Waals surface area contributed by atoms with Crippen molar-refractivity contribution < 1.29 is 19.4 Å². The molecule has 0 aromatic carbocycles. The lowest BCUT2D eigenvalue weighted by Gasteiger charge is -1.85. The van der Waals surface area contributed by atoms with Crippen LogP contribution in [0.15, 0.2) is 25.5 Å². The van der Waals surface area contributed by atoms with Gasteiger partial charge in [0.2, 0.25) is 0 Å². The number of carbonyl (C=O) groups is 2. The van der Waals surface area contributed by atoms with E-state index in [0.717, 1.165) is 12.3 Å². The number of esters is 1. The number of hydrogen-bond acceptors (Lipinski definition) is 3. The molecule has 0 unspecified atom stereocenters. The number of hydrogen-bond donors (Lipinski definition) is 2. The second kappa shape index (κ2) is 8.22. The van der Waals surface area contributed by atoms with Crippen molar-refractivity contribution in [2.24, 2.45) is 5.73 Å². The number of ether oxygens (including phenoxy) is 1. The van der Waals surface area contributed by atoms with Crippen LogP contribution in [0, 0.1) is 0 Å². The van der Waals surface area contributed by atoms with E-state index < -0.39 is 12.1 Å². The molecule has 0 heterocycles. The van der Waals surface area contributed by atoms with E-state index in [1.165, 1.54) is 0 Å². The Balaban J connectivity index is 0. The lowest BCUT2D eigenvalue weighted by molar-refractivity contribution is -0.132. The second-order valence-electron chi connectivity index (χ2n) is 1.15. The zero-order valence-electron chi connectivity index (χ0n) is 5.82. The standard InChI is InChI=1S/C5H6O2.CH3NO2/c1-3-5(6)7-4-2;2-1(3)4/h3-4H,1-2H2;2H2,(H,3,4). The topological polar surface area (TPSA) is 89.6 Å². The van der Waals surface area contributed by atoms with Crippen LogP contribution in [-0.4, -0.2) is 17.2 Å². The van der Waals surface area contributed by atoms with Crippen LogP contribution in [0.25, 0.3) is 0 Å². The second-order valence-corrected chi connectivity index (χ2v) is 1.15. The maximum absolute atomic E-state index is 10.0. The van der Waals surface area contributed by atoms with Gasteiger partial charge < -0.3 is 15.6 Å². The molecule has 0 fully saturated rings. The van der Waals surface area contributed by atoms with Gasteiger partial charge in [-0.1, -0.05) is 13.2 Å². The molecule has 11 heavy (non-hydrogen) atoms. The Kier molecular flexibility index (Phi) is 8.93. The first-order chi connectivity index (χ1) is 5.04. The fourth-order valence-corrected chi connectivity index (χ4v) is 0.130. The van der Waals surface area contributed by atoms with E-state index in [-0.39, 0.29) is 0 Å². The summed E-state index contributed by atoms with van der Waals surface area (Å²) in [5.74, 6) is -0.477. The zero-order chi connectivity index (χ0) is 9.28. The van der Waals surface area contributed by atoms with Crippen LogP contribution >= 0.6 is 0 Å². The van der Waals surface area contributed by atoms with E-state index in [2.05, 4.69) is 23.6 Å². The lowest BCUT2D eigenvalue weighted by Crippen LogP contribution is -2.03. The molecular weight excluding hydrogens is 150 g/mol. The highest BCUT2D eigenvalue weighted by Crippen LogP contribution is 1.75. The Labute approximate surface area is 63.8 Å². The molecule has 0 aromatic rings. The summed E-state index contributed by atoms with van der Waals surface area (Å²) in [5, 5.41) is 7.19. The molecule has 0 aromatic heterocycles. The molecule has 0 bridgehead atoms. The average Bonchev–Trinajstić information content (AvgIpc) is 1.87. The monoisotopic (exact) mass is 159 g/mol. The summed E-state index contributed by atoms with van der Waals surface area (Å²) in [6.07, 6.45) is 0.797. The minimum absolute atomic E-state index is 0.477. The van der Waals surface area contributed by atoms with E-state index in [4.69, 9.17) is 9.90 Å². The Bertz CT molecular complexity index is 160. The summed E-state index contributed by atoms with van der Waals surface area (Å²) in [7, 11) is 0. The predicted octanol–water partition coefficient (Wildman–Crippen LogP) is 0.482. The summed E-state index contributed by atoms with van der Waals surface area (Å²) in [4.78, 5) is 18.8. The van der Waals surface area contributed by atoms with Crippen molar-refractivity contribution in [3.05, 3.63) is 25.5 Å². The fourth-order valence-electron chi connectivity index (χ4n) is 0.130. The minimum Gasteiger partial charge on any atom is -0.465 e. The van der Waals surface area contributed by atoms with Crippen molar-refractivity contribution >= 4 is 12.1 Å². The van der Waals surface area contributed by atoms with Gasteiger partial charge in [-0.2, -0.15) is 0 Å². The molecular formula is C6H9NO4. The molecule has 0 aliphatic rings. The van der Waals surface area contributed by atoms with Crippen LogP contribution in [0.5, 0.6) is 0 Å². The van der Waals surface area contributed by atoms with Crippen molar-refractivity contribution in [3.63, 3.8) is 0 Å². The Morgan fingerprint density at radius 2 is 1.82 bits per heavy atom. The van der Waals surface area contributed by atoms with Gasteiger partial charge in [0.1, 0.15) is 0 Å². The maximum atomic E-state index is 10.0. The van der Waals surface area contributed by atoms with Crippen molar-refractivity contribution in [2.75, 3.05) is 0 Å². The molecule has 0 atom stereocenters. The molecule has 62 valence electrons. The third-order valence-corrected chi connectivity index (χ3v) is 0.366. The molecule has 0 aliphatic carbocycles. The Morgan fingerprint density at radius 3 is 1.91 bits per heavy atom. The van der Waals surface area contributed by atoms with Gasteiger partial charge >= 0.3 is 12.1 Å². The summed E-state index contributed by atoms with van der Waals surface area (Å²) < 4.78 is 4.20. The summed E-state index contributed by atoms with van der Waals surface area (Å²) in [6, 6.07) is 0. The normalized spacial score (nSPS) is 6.55. The third kappa shape index (κ3) is 30.7. The molecule has 0 aliphatic heterocycles. The van der Waals surface area contributed by atoms with Crippen molar-refractivity contribution in [1.82, 2.24) is 0 Å². The minimum atomic E-state index is -1.33. The molecule has 0 saturated heterocycles. The highest BCUT2D eigenvalue weighted by molar-refractivity contribution is 5.81. The number of rotatable bonds is 2. The predicted molar refractivity (Wildman–Crippen MR) is 38.7 cm³/mol. The summed E-state index contributed by atoms with van der Waals surface area (Å²) in [6.45, 7) is 6.31. The van der Waals surface area contributed by atoms with Gasteiger partial charge in [0.15, 0.2) is 0 Å². The Morgan fingerprint density at radius 1 is 1.45 bits per heavy atom. The maximum Gasteiger partial charge on any atom is 0.402 e. The van der Waals surface area contributed by atoms with Gasteiger partial charge in [0, 0.05) is 6.08 Å². The summed E-state index contributed by atoms with van der Waals surface area (Å²) >= 11 is 0. The third-order valence-electron chi connectivity index (χ3n) is 0.366. The molecule has 5 heteroatoms. The van der Waals surface area contributed by atoms with E-state index in [1.54, 1.807) is 0 Å². The van der Waals surface area contributed by atoms with Gasteiger partial charge in [-0.25, -0.2) is 9.59 Å². The van der Waals surface area contributed by atoms with Crippen LogP contribution in [0.4, 0.5) is 4.79 Å². The van der Waals surface area contributed by atoms with Gasteiger partial charge in [-0.15, -0.1) is 0 Å². The average molecular weight is 159 g/mol. The number of carbonyl (C=O) groups excluding carboxylic acids is 1. The molecule has 5 nitrogen and oxygen atoms in total. The lowest BCUT2D eigenvalue weighted by atomic mass is 10.7. The zero-order valence-corrected chi connectivity index (χ0v) is 5.82. The largest absolute Gasteiger partial charge is 0.465 e. The molecule has 0 rings (SSSR count). The molecule has 0 saturated carbocycles. The van der Waals surface area contributed by atoms with Crippen LogP contribution in [-0.2, 0) is 9.53 Å². The quantitative estimate of drug-likeness (QED) is 0.348. The van der Waals surface area contributed by atoms with Gasteiger partial charge in [-0.05, 0) is 0 Å². The van der Waals surface area contributed by atoms with Crippen LogP contribution < -0.4 is 5.73 Å². The van der Waals surface area contributed by atoms with Crippen LogP contribution in [0.3, 0.4) is 0 Å². The molecule has 1 amide bonds. The van der Waals surface area contributed by atoms with Gasteiger partial charge in [-0.3, -0.25) is 0 Å². The smallest absolute Gasteiger partial charge is 0.402 e.